The molecule has 1 aliphatic rings. The Bertz CT molecular complexity index is 936. The fraction of sp³-hybridized carbons (Fsp3) is 0.400. The summed E-state index contributed by atoms with van der Waals surface area (Å²) in [7, 11) is -3.66. The van der Waals surface area contributed by atoms with Crippen LogP contribution in [0.5, 0.6) is 0 Å². The van der Waals surface area contributed by atoms with Crippen LogP contribution >= 0.6 is 11.3 Å². The lowest BCUT2D eigenvalue weighted by molar-refractivity contribution is -0.125. The fourth-order valence-corrected chi connectivity index (χ4v) is 5.36. The Hall–Kier alpha value is -2.39. The highest BCUT2D eigenvalue weighted by Gasteiger charge is 2.20. The summed E-state index contributed by atoms with van der Waals surface area (Å²) in [6.45, 7) is 0.675. The molecule has 0 atom stereocenters. The van der Waals surface area contributed by atoms with Gasteiger partial charge in [0.05, 0.1) is 0 Å². The van der Waals surface area contributed by atoms with Crippen molar-refractivity contribution in [3.63, 3.8) is 0 Å². The average Bonchev–Trinajstić information content (AvgIpc) is 3.27. The molecule has 1 aromatic carbocycles. The molecule has 7 nitrogen and oxygen atoms in total. The predicted octanol–water partition coefficient (Wildman–Crippen LogP) is 2.98. The van der Waals surface area contributed by atoms with Crippen LogP contribution in [0.15, 0.2) is 46.0 Å². The van der Waals surface area contributed by atoms with E-state index < -0.39 is 10.0 Å². The topological polar surface area (TPSA) is 104 Å². The first-order chi connectivity index (χ1) is 14.0. The molecule has 0 bridgehead atoms. The van der Waals surface area contributed by atoms with Crippen LogP contribution in [0.1, 0.15) is 42.5 Å². The number of amides is 2. The van der Waals surface area contributed by atoms with Gasteiger partial charge in [0, 0.05) is 30.3 Å². The summed E-state index contributed by atoms with van der Waals surface area (Å²) in [5, 5.41) is 7.31. The zero-order valence-electron chi connectivity index (χ0n) is 16.0. The minimum absolute atomic E-state index is 0.0592. The summed E-state index contributed by atoms with van der Waals surface area (Å²) < 4.78 is 27.3. The van der Waals surface area contributed by atoms with Gasteiger partial charge in [-0.25, -0.2) is 8.42 Å². The van der Waals surface area contributed by atoms with Crippen molar-refractivity contribution in [3.8, 4) is 0 Å². The maximum Gasteiger partial charge on any atom is 0.271 e. The van der Waals surface area contributed by atoms with Crippen molar-refractivity contribution in [2.75, 3.05) is 17.8 Å². The SMILES string of the molecule is O=C(NCCNC(=O)C1CCCCC1)c1cccc(NS(=O)(=O)c2cccs2)c1. The number of benzene rings is 1. The second-order valence-electron chi connectivity index (χ2n) is 7.00. The maximum atomic E-state index is 12.3. The Balaban J connectivity index is 1.48. The summed E-state index contributed by atoms with van der Waals surface area (Å²) in [6.07, 6.45) is 5.27. The van der Waals surface area contributed by atoms with Gasteiger partial charge in [-0.3, -0.25) is 14.3 Å². The molecule has 29 heavy (non-hydrogen) atoms. The van der Waals surface area contributed by atoms with Crippen molar-refractivity contribution in [3.05, 3.63) is 47.3 Å². The van der Waals surface area contributed by atoms with E-state index >= 15 is 0 Å². The zero-order valence-corrected chi connectivity index (χ0v) is 17.7. The first kappa shape index (κ1) is 21.3. The molecule has 3 rings (SSSR count). The van der Waals surface area contributed by atoms with Gasteiger partial charge in [-0.2, -0.15) is 0 Å². The molecule has 0 unspecified atom stereocenters. The smallest absolute Gasteiger partial charge is 0.271 e. The highest BCUT2D eigenvalue weighted by atomic mass is 32.2. The molecule has 1 fully saturated rings. The summed E-state index contributed by atoms with van der Waals surface area (Å²) >= 11 is 1.12. The van der Waals surface area contributed by atoms with Gasteiger partial charge in [-0.1, -0.05) is 31.4 Å². The second kappa shape index (κ2) is 9.89. The third-order valence-electron chi connectivity index (χ3n) is 4.82. The monoisotopic (exact) mass is 435 g/mol. The van der Waals surface area contributed by atoms with Crippen LogP contribution in [-0.2, 0) is 14.8 Å². The normalized spacial score (nSPS) is 14.9. The van der Waals surface area contributed by atoms with Gasteiger partial charge in [0.25, 0.3) is 15.9 Å². The minimum Gasteiger partial charge on any atom is -0.354 e. The summed E-state index contributed by atoms with van der Waals surface area (Å²) in [6, 6.07) is 9.49. The highest BCUT2D eigenvalue weighted by Crippen LogP contribution is 2.23. The molecule has 1 aromatic heterocycles. The van der Waals surface area contributed by atoms with E-state index in [0.717, 1.165) is 37.0 Å². The zero-order chi connectivity index (χ0) is 20.7. The van der Waals surface area contributed by atoms with E-state index in [9.17, 15) is 18.0 Å². The third-order valence-corrected chi connectivity index (χ3v) is 7.60. The third kappa shape index (κ3) is 6.04. The van der Waals surface area contributed by atoms with E-state index in [-0.39, 0.29) is 21.9 Å². The predicted molar refractivity (Wildman–Crippen MR) is 113 cm³/mol. The molecular formula is C20H25N3O4S2. The van der Waals surface area contributed by atoms with E-state index in [1.807, 2.05) is 0 Å². The largest absolute Gasteiger partial charge is 0.354 e. The van der Waals surface area contributed by atoms with E-state index in [4.69, 9.17) is 0 Å². The van der Waals surface area contributed by atoms with Crippen LogP contribution < -0.4 is 15.4 Å². The van der Waals surface area contributed by atoms with Crippen LogP contribution in [0, 0.1) is 5.92 Å². The molecule has 0 saturated heterocycles. The van der Waals surface area contributed by atoms with Crippen molar-refractivity contribution < 1.29 is 18.0 Å². The fourth-order valence-electron chi connectivity index (χ4n) is 3.32. The number of hydrogen-bond donors (Lipinski definition) is 3. The van der Waals surface area contributed by atoms with E-state index in [1.54, 1.807) is 29.6 Å². The molecule has 9 heteroatoms. The van der Waals surface area contributed by atoms with Gasteiger partial charge in [0.2, 0.25) is 5.91 Å². The average molecular weight is 436 g/mol. The van der Waals surface area contributed by atoms with E-state index in [1.165, 1.54) is 18.6 Å². The standard InChI is InChI=1S/C20H25N3O4S2/c24-19(15-6-2-1-3-7-15)21-11-12-22-20(25)16-8-4-9-17(14-16)23-29(26,27)18-10-5-13-28-18/h4-5,8-10,13-15,23H,1-3,6-7,11-12H2,(H,21,24)(H,22,25). The van der Waals surface area contributed by atoms with Crippen molar-refractivity contribution in [1.29, 1.82) is 0 Å². The maximum absolute atomic E-state index is 12.3. The molecule has 1 saturated carbocycles. The Kier molecular flexibility index (Phi) is 7.27. The van der Waals surface area contributed by atoms with Crippen LogP contribution in [0.3, 0.4) is 0 Å². The van der Waals surface area contributed by atoms with Crippen molar-refractivity contribution in [2.45, 2.75) is 36.3 Å². The van der Waals surface area contributed by atoms with E-state index in [0.29, 0.717) is 24.3 Å². The number of hydrogen-bond acceptors (Lipinski definition) is 5. The quantitative estimate of drug-likeness (QED) is 0.555. The van der Waals surface area contributed by atoms with Crippen LogP contribution in [0.25, 0.3) is 0 Å². The van der Waals surface area contributed by atoms with Crippen LogP contribution in [0.4, 0.5) is 5.69 Å². The first-order valence-electron chi connectivity index (χ1n) is 9.68. The molecule has 2 aromatic rings. The summed E-state index contributed by atoms with van der Waals surface area (Å²) in [5.41, 5.74) is 0.659. The van der Waals surface area contributed by atoms with Gasteiger partial charge in [-0.15, -0.1) is 11.3 Å². The number of carbonyl (C=O) groups is 2. The van der Waals surface area contributed by atoms with Crippen LogP contribution in [-0.4, -0.2) is 33.3 Å². The van der Waals surface area contributed by atoms with Gasteiger partial charge in [-0.05, 0) is 42.5 Å². The van der Waals surface area contributed by atoms with Crippen LogP contribution in [0.2, 0.25) is 0 Å². The van der Waals surface area contributed by atoms with Crippen molar-refractivity contribution in [2.24, 2.45) is 5.92 Å². The highest BCUT2D eigenvalue weighted by molar-refractivity contribution is 7.94. The number of anilines is 1. The lowest BCUT2D eigenvalue weighted by atomic mass is 9.89. The lowest BCUT2D eigenvalue weighted by Gasteiger charge is -2.20. The lowest BCUT2D eigenvalue weighted by Crippen LogP contribution is -2.38. The second-order valence-corrected chi connectivity index (χ2v) is 9.86. The van der Waals surface area contributed by atoms with E-state index in [2.05, 4.69) is 15.4 Å². The minimum atomic E-state index is -3.66. The van der Waals surface area contributed by atoms with Crippen molar-refractivity contribution >= 4 is 38.9 Å². The molecule has 0 spiro atoms. The molecule has 0 radical (unpaired) electrons. The molecule has 156 valence electrons. The Labute approximate surface area is 175 Å². The molecule has 1 aliphatic carbocycles. The van der Waals surface area contributed by atoms with Gasteiger partial charge < -0.3 is 10.6 Å². The summed E-state index contributed by atoms with van der Waals surface area (Å²) in [5.74, 6) is -0.175. The molecule has 1 heterocycles. The number of carbonyl (C=O) groups excluding carboxylic acids is 2. The number of nitrogens with one attached hydrogen (secondary N) is 3. The Morgan fingerprint density at radius 3 is 2.48 bits per heavy atom. The Morgan fingerprint density at radius 2 is 1.76 bits per heavy atom. The van der Waals surface area contributed by atoms with Gasteiger partial charge in [0.1, 0.15) is 4.21 Å². The molecule has 0 aliphatic heterocycles. The number of sulfonamides is 1. The van der Waals surface area contributed by atoms with Gasteiger partial charge in [0.15, 0.2) is 0 Å². The van der Waals surface area contributed by atoms with Gasteiger partial charge >= 0.3 is 0 Å². The Morgan fingerprint density at radius 1 is 1.00 bits per heavy atom. The number of thiophene rings is 1. The van der Waals surface area contributed by atoms with Crippen molar-refractivity contribution in [1.82, 2.24) is 10.6 Å². The first-order valence-corrected chi connectivity index (χ1v) is 12.0. The molecular weight excluding hydrogens is 410 g/mol. The summed E-state index contributed by atoms with van der Waals surface area (Å²) in [4.78, 5) is 24.4. The molecule has 2 amide bonds. The number of rotatable bonds is 8. The molecule has 3 N–H and O–H groups in total.